The summed E-state index contributed by atoms with van der Waals surface area (Å²) < 4.78 is 5.12. The molecule has 0 saturated carbocycles. The minimum absolute atomic E-state index is 0.281. The van der Waals surface area contributed by atoms with Crippen LogP contribution in [0.5, 0.6) is 0 Å². The van der Waals surface area contributed by atoms with Crippen molar-refractivity contribution < 1.29 is 14.0 Å². The Labute approximate surface area is 145 Å². The van der Waals surface area contributed by atoms with Crippen LogP contribution in [0, 0.1) is 0 Å². The molecule has 3 N–H and O–H groups in total. The summed E-state index contributed by atoms with van der Waals surface area (Å²) in [6.07, 6.45) is 2.20. The maximum absolute atomic E-state index is 11.9. The van der Waals surface area contributed by atoms with E-state index in [1.165, 1.54) is 6.26 Å². The van der Waals surface area contributed by atoms with Crippen molar-refractivity contribution in [3.63, 3.8) is 0 Å². The number of halogens is 1. The van der Waals surface area contributed by atoms with Crippen LogP contribution in [0.15, 0.2) is 47.1 Å². The summed E-state index contributed by atoms with van der Waals surface area (Å²) in [7, 11) is 0. The van der Waals surface area contributed by atoms with Crippen LogP contribution in [0.1, 0.15) is 18.2 Å². The molecule has 0 aliphatic heterocycles. The molecule has 0 bridgehead atoms. The van der Waals surface area contributed by atoms with Crippen molar-refractivity contribution in [1.29, 1.82) is 0 Å². The lowest BCUT2D eigenvalue weighted by Gasteiger charge is -2.14. The minimum Gasteiger partial charge on any atom is -0.467 e. The number of amides is 3. The monoisotopic (exact) mass is 349 g/mol. The van der Waals surface area contributed by atoms with Gasteiger partial charge >= 0.3 is 6.03 Å². The van der Waals surface area contributed by atoms with Crippen molar-refractivity contribution in [3.05, 3.63) is 59.0 Å². The molecule has 1 aromatic heterocycles. The molecule has 0 unspecified atom stereocenters. The Bertz CT molecular complexity index is 673. The Morgan fingerprint density at radius 2 is 2.04 bits per heavy atom. The molecule has 1 heterocycles. The number of nitrogens with one attached hydrogen (secondary N) is 3. The lowest BCUT2D eigenvalue weighted by atomic mass is 10.1. The van der Waals surface area contributed by atoms with Crippen molar-refractivity contribution in [2.75, 3.05) is 6.54 Å². The Kier molecular flexibility index (Phi) is 6.69. The van der Waals surface area contributed by atoms with E-state index < -0.39 is 12.1 Å². The molecule has 0 aliphatic carbocycles. The first-order chi connectivity index (χ1) is 11.5. The topological polar surface area (TPSA) is 83.4 Å². The average molecular weight is 350 g/mol. The number of hydrogen-bond donors (Lipinski definition) is 3. The fourth-order valence-corrected chi connectivity index (χ4v) is 2.28. The third kappa shape index (κ3) is 5.96. The molecular weight excluding hydrogens is 330 g/mol. The Morgan fingerprint density at radius 1 is 1.21 bits per heavy atom. The molecule has 0 saturated heterocycles. The largest absolute Gasteiger partial charge is 0.467 e. The smallest absolute Gasteiger partial charge is 0.315 e. The van der Waals surface area contributed by atoms with Gasteiger partial charge in [-0.2, -0.15) is 0 Å². The van der Waals surface area contributed by atoms with Crippen molar-refractivity contribution in [2.45, 2.75) is 25.9 Å². The number of carbonyl (C=O) groups excluding carboxylic acids is 2. The summed E-state index contributed by atoms with van der Waals surface area (Å²) in [5, 5.41) is 8.66. The van der Waals surface area contributed by atoms with E-state index in [1.807, 2.05) is 18.2 Å². The zero-order valence-corrected chi connectivity index (χ0v) is 14.1. The van der Waals surface area contributed by atoms with E-state index in [1.54, 1.807) is 25.1 Å². The normalized spacial score (nSPS) is 11.6. The molecule has 2 aromatic rings. The molecule has 0 spiro atoms. The minimum atomic E-state index is -0.647. The molecule has 0 radical (unpaired) electrons. The Morgan fingerprint density at radius 3 is 2.75 bits per heavy atom. The Balaban J connectivity index is 1.66. The van der Waals surface area contributed by atoms with Crippen LogP contribution in [0.3, 0.4) is 0 Å². The lowest BCUT2D eigenvalue weighted by molar-refractivity contribution is -0.122. The first-order valence-corrected chi connectivity index (χ1v) is 8.01. The summed E-state index contributed by atoms with van der Waals surface area (Å²) in [6, 6.07) is 9.93. The number of urea groups is 1. The summed E-state index contributed by atoms with van der Waals surface area (Å²) in [6.45, 7) is 2.36. The van der Waals surface area contributed by atoms with E-state index in [4.69, 9.17) is 16.0 Å². The predicted molar refractivity (Wildman–Crippen MR) is 91.7 cm³/mol. The second-order valence-corrected chi connectivity index (χ2v) is 5.74. The highest BCUT2D eigenvalue weighted by Gasteiger charge is 2.15. The fourth-order valence-electron chi connectivity index (χ4n) is 2.07. The predicted octanol–water partition coefficient (Wildman–Crippen LogP) is 2.48. The molecule has 128 valence electrons. The van der Waals surface area contributed by atoms with Gasteiger partial charge < -0.3 is 20.4 Å². The SMILES string of the molecule is C[C@@H](NC(=O)NCCc1cccc(Cl)c1)C(=O)NCc1ccco1. The number of benzene rings is 1. The van der Waals surface area contributed by atoms with Crippen molar-refractivity contribution >= 4 is 23.5 Å². The van der Waals surface area contributed by atoms with E-state index in [0.717, 1.165) is 5.56 Å². The molecule has 24 heavy (non-hydrogen) atoms. The average Bonchev–Trinajstić information content (AvgIpc) is 3.06. The maximum Gasteiger partial charge on any atom is 0.315 e. The molecule has 3 amide bonds. The quantitative estimate of drug-likeness (QED) is 0.718. The van der Waals surface area contributed by atoms with Crippen molar-refractivity contribution in [1.82, 2.24) is 16.0 Å². The van der Waals surface area contributed by atoms with Crippen molar-refractivity contribution in [3.8, 4) is 0 Å². The van der Waals surface area contributed by atoms with Crippen LogP contribution < -0.4 is 16.0 Å². The first kappa shape index (κ1) is 17.9. The van der Waals surface area contributed by atoms with Gasteiger partial charge in [-0.3, -0.25) is 4.79 Å². The highest BCUT2D eigenvalue weighted by atomic mass is 35.5. The summed E-state index contributed by atoms with van der Waals surface area (Å²) >= 11 is 5.91. The second kappa shape index (κ2) is 8.98. The summed E-state index contributed by atoms with van der Waals surface area (Å²) in [5.41, 5.74) is 1.03. The fraction of sp³-hybridized carbons (Fsp3) is 0.294. The molecule has 0 aliphatic rings. The maximum atomic E-state index is 11.9. The van der Waals surface area contributed by atoms with E-state index in [0.29, 0.717) is 23.7 Å². The Hall–Kier alpha value is -2.47. The molecule has 6 nitrogen and oxygen atoms in total. The van der Waals surface area contributed by atoms with Gasteiger partial charge in [0.25, 0.3) is 0 Å². The van der Waals surface area contributed by atoms with Crippen molar-refractivity contribution in [2.24, 2.45) is 0 Å². The van der Waals surface area contributed by atoms with Crippen LogP contribution in [-0.2, 0) is 17.8 Å². The number of carbonyl (C=O) groups is 2. The van der Waals surface area contributed by atoms with Crippen LogP contribution in [0.2, 0.25) is 5.02 Å². The van der Waals surface area contributed by atoms with Gasteiger partial charge in [0.15, 0.2) is 0 Å². The highest BCUT2D eigenvalue weighted by molar-refractivity contribution is 6.30. The number of furan rings is 1. The van der Waals surface area contributed by atoms with E-state index in [9.17, 15) is 9.59 Å². The van der Waals surface area contributed by atoms with Gasteiger partial charge in [0.2, 0.25) is 5.91 Å². The third-order valence-corrected chi connectivity index (χ3v) is 3.58. The van der Waals surface area contributed by atoms with Crippen LogP contribution >= 0.6 is 11.6 Å². The van der Waals surface area contributed by atoms with Crippen LogP contribution in [-0.4, -0.2) is 24.5 Å². The molecule has 7 heteroatoms. The third-order valence-electron chi connectivity index (χ3n) is 3.35. The van der Waals surface area contributed by atoms with Gasteiger partial charge in [-0.1, -0.05) is 23.7 Å². The molecular formula is C17H20ClN3O3. The molecule has 2 rings (SSSR count). The van der Waals surface area contributed by atoms with Crippen LogP contribution in [0.4, 0.5) is 4.79 Å². The van der Waals surface area contributed by atoms with E-state index in [-0.39, 0.29) is 12.5 Å². The van der Waals surface area contributed by atoms with E-state index >= 15 is 0 Å². The molecule has 0 fully saturated rings. The zero-order chi connectivity index (χ0) is 17.4. The second-order valence-electron chi connectivity index (χ2n) is 5.30. The van der Waals surface area contributed by atoms with Crippen LogP contribution in [0.25, 0.3) is 0 Å². The van der Waals surface area contributed by atoms with Gasteiger partial charge in [-0.05, 0) is 43.2 Å². The van der Waals surface area contributed by atoms with E-state index in [2.05, 4.69) is 16.0 Å². The van der Waals surface area contributed by atoms with Gasteiger partial charge in [0.05, 0.1) is 12.8 Å². The zero-order valence-electron chi connectivity index (χ0n) is 13.3. The standard InChI is InChI=1S/C17H20ClN3O3/c1-12(16(22)20-11-15-6-3-9-24-15)21-17(23)19-8-7-13-4-2-5-14(18)10-13/h2-6,9-10,12H,7-8,11H2,1H3,(H,20,22)(H2,19,21,23)/t12-/m1/s1. The number of rotatable bonds is 7. The molecule has 1 aromatic carbocycles. The first-order valence-electron chi connectivity index (χ1n) is 7.63. The highest BCUT2D eigenvalue weighted by Crippen LogP contribution is 2.10. The van der Waals surface area contributed by atoms with Gasteiger partial charge in [-0.25, -0.2) is 4.79 Å². The van der Waals surface area contributed by atoms with Gasteiger partial charge in [0, 0.05) is 11.6 Å². The van der Waals surface area contributed by atoms with Gasteiger partial charge in [-0.15, -0.1) is 0 Å². The number of hydrogen-bond acceptors (Lipinski definition) is 3. The lowest BCUT2D eigenvalue weighted by Crippen LogP contribution is -2.48. The molecule has 1 atom stereocenters. The summed E-state index contributed by atoms with van der Waals surface area (Å²) in [5.74, 6) is 0.373. The van der Waals surface area contributed by atoms with Gasteiger partial charge in [0.1, 0.15) is 11.8 Å². The summed E-state index contributed by atoms with van der Waals surface area (Å²) in [4.78, 5) is 23.7.